The molecule has 0 unspecified atom stereocenters. The average Bonchev–Trinajstić information content (AvgIpc) is 2.37. The van der Waals surface area contributed by atoms with Crippen LogP contribution in [0.1, 0.15) is 31.9 Å². The molecule has 0 aromatic heterocycles. The van der Waals surface area contributed by atoms with Gasteiger partial charge in [-0.1, -0.05) is 44.2 Å². The van der Waals surface area contributed by atoms with Crippen LogP contribution in [0.5, 0.6) is 0 Å². The van der Waals surface area contributed by atoms with Crippen LogP contribution in [-0.4, -0.2) is 33.0 Å². The van der Waals surface area contributed by atoms with Crippen LogP contribution in [0.4, 0.5) is 4.79 Å². The summed E-state index contributed by atoms with van der Waals surface area (Å²) in [5.41, 5.74) is 1.05. The van der Waals surface area contributed by atoms with Crippen molar-refractivity contribution in [3.63, 3.8) is 0 Å². The lowest BCUT2D eigenvalue weighted by atomic mass is 9.97. The zero-order valence-corrected chi connectivity index (χ0v) is 13.6. The highest BCUT2D eigenvalue weighted by molar-refractivity contribution is 7.90. The minimum atomic E-state index is -3.06. The molecule has 6 heteroatoms. The Kier molecular flexibility index (Phi) is 6.68. The molecule has 2 N–H and O–H groups in total. The van der Waals surface area contributed by atoms with Gasteiger partial charge >= 0.3 is 6.03 Å². The first-order valence-corrected chi connectivity index (χ1v) is 9.11. The molecule has 0 aliphatic heterocycles. The summed E-state index contributed by atoms with van der Waals surface area (Å²) in [7, 11) is -3.06. The number of carbonyl (C=O) groups is 1. The molecule has 0 saturated heterocycles. The minimum Gasteiger partial charge on any atom is -0.337 e. The van der Waals surface area contributed by atoms with Gasteiger partial charge in [0.2, 0.25) is 0 Å². The molecule has 21 heavy (non-hydrogen) atoms. The van der Waals surface area contributed by atoms with Crippen LogP contribution in [0.2, 0.25) is 0 Å². The highest BCUT2D eigenvalue weighted by atomic mass is 32.2. The molecule has 0 bridgehead atoms. The van der Waals surface area contributed by atoms with E-state index in [1.165, 1.54) is 0 Å². The molecular weight excluding hydrogens is 288 g/mol. The lowest BCUT2D eigenvalue weighted by Crippen LogP contribution is -2.40. The van der Waals surface area contributed by atoms with Gasteiger partial charge in [0, 0.05) is 12.8 Å². The maximum absolute atomic E-state index is 11.9. The number of sulfone groups is 1. The van der Waals surface area contributed by atoms with E-state index in [9.17, 15) is 13.2 Å². The maximum atomic E-state index is 11.9. The highest BCUT2D eigenvalue weighted by Gasteiger charge is 2.16. The summed E-state index contributed by atoms with van der Waals surface area (Å²) in [4.78, 5) is 11.9. The van der Waals surface area contributed by atoms with Gasteiger partial charge in [-0.3, -0.25) is 0 Å². The number of amides is 2. The molecule has 0 spiro atoms. The molecule has 118 valence electrons. The highest BCUT2D eigenvalue weighted by Crippen LogP contribution is 2.20. The van der Waals surface area contributed by atoms with Crippen molar-refractivity contribution in [3.8, 4) is 0 Å². The fourth-order valence-electron chi connectivity index (χ4n) is 1.99. The van der Waals surface area contributed by atoms with Crippen LogP contribution >= 0.6 is 0 Å². The Hall–Kier alpha value is -1.56. The zero-order valence-electron chi connectivity index (χ0n) is 12.8. The monoisotopic (exact) mass is 312 g/mol. The van der Waals surface area contributed by atoms with E-state index in [1.807, 2.05) is 30.3 Å². The number of benzene rings is 1. The topological polar surface area (TPSA) is 75.3 Å². The van der Waals surface area contributed by atoms with Crippen molar-refractivity contribution >= 4 is 15.9 Å². The first-order valence-electron chi connectivity index (χ1n) is 7.05. The molecule has 0 saturated carbocycles. The van der Waals surface area contributed by atoms with Gasteiger partial charge in [0.05, 0.1) is 11.8 Å². The van der Waals surface area contributed by atoms with Crippen molar-refractivity contribution < 1.29 is 13.2 Å². The number of urea groups is 1. The number of carbonyl (C=O) groups excluding carboxylic acids is 1. The van der Waals surface area contributed by atoms with E-state index in [-0.39, 0.29) is 24.4 Å². The fraction of sp³-hybridized carbons (Fsp3) is 0.533. The normalized spacial score (nSPS) is 13.0. The van der Waals surface area contributed by atoms with Gasteiger partial charge in [0.1, 0.15) is 9.84 Å². The molecule has 1 aromatic carbocycles. The first kappa shape index (κ1) is 17.5. The summed E-state index contributed by atoms with van der Waals surface area (Å²) in [6.07, 6.45) is 1.97. The fourth-order valence-corrected chi connectivity index (χ4v) is 2.47. The van der Waals surface area contributed by atoms with Gasteiger partial charge < -0.3 is 10.6 Å². The van der Waals surface area contributed by atoms with E-state index in [0.717, 1.165) is 18.2 Å². The molecule has 1 rings (SSSR count). The van der Waals surface area contributed by atoms with Crippen LogP contribution in [-0.2, 0) is 9.84 Å². The SMILES string of the molecule is CC(C)C[C@H](NC(=O)NCCS(C)(=O)=O)c1ccccc1. The van der Waals surface area contributed by atoms with E-state index < -0.39 is 9.84 Å². The van der Waals surface area contributed by atoms with Crippen LogP contribution in [0.15, 0.2) is 30.3 Å². The van der Waals surface area contributed by atoms with Crippen molar-refractivity contribution in [1.29, 1.82) is 0 Å². The lowest BCUT2D eigenvalue weighted by molar-refractivity contribution is 0.235. The summed E-state index contributed by atoms with van der Waals surface area (Å²) in [5.74, 6) is 0.382. The largest absolute Gasteiger partial charge is 0.337 e. The van der Waals surface area contributed by atoms with E-state index in [0.29, 0.717) is 5.92 Å². The molecule has 0 fully saturated rings. The summed E-state index contributed by atoms with van der Waals surface area (Å²) in [6, 6.07) is 9.34. The molecule has 2 amide bonds. The quantitative estimate of drug-likeness (QED) is 0.810. The second-order valence-electron chi connectivity index (χ2n) is 5.62. The summed E-state index contributed by atoms with van der Waals surface area (Å²) in [5, 5.41) is 5.49. The van der Waals surface area contributed by atoms with Crippen molar-refractivity contribution in [1.82, 2.24) is 10.6 Å². The molecule has 1 aromatic rings. The van der Waals surface area contributed by atoms with Crippen molar-refractivity contribution in [3.05, 3.63) is 35.9 Å². The molecule has 5 nitrogen and oxygen atoms in total. The van der Waals surface area contributed by atoms with Gasteiger partial charge in [-0.05, 0) is 17.9 Å². The standard InChI is InChI=1S/C15H24N2O3S/c1-12(2)11-14(13-7-5-4-6-8-13)17-15(18)16-9-10-21(3,19)20/h4-8,12,14H,9-11H2,1-3H3,(H2,16,17,18)/t14-/m0/s1. The Morgan fingerprint density at radius 1 is 1.19 bits per heavy atom. The van der Waals surface area contributed by atoms with E-state index in [2.05, 4.69) is 24.5 Å². The Morgan fingerprint density at radius 3 is 2.33 bits per heavy atom. The van der Waals surface area contributed by atoms with Crippen molar-refractivity contribution in [2.24, 2.45) is 5.92 Å². The molecule has 0 heterocycles. The molecule has 1 atom stereocenters. The second-order valence-corrected chi connectivity index (χ2v) is 7.88. The molecule has 0 aliphatic rings. The Bertz CT molecular complexity index is 541. The van der Waals surface area contributed by atoms with E-state index in [1.54, 1.807) is 0 Å². The lowest BCUT2D eigenvalue weighted by Gasteiger charge is -2.21. The Balaban J connectivity index is 2.59. The summed E-state index contributed by atoms with van der Waals surface area (Å²) < 4.78 is 22.1. The predicted octanol–water partition coefficient (Wildman–Crippen LogP) is 2.12. The third-order valence-electron chi connectivity index (χ3n) is 2.97. The predicted molar refractivity (Wildman–Crippen MR) is 84.9 cm³/mol. The van der Waals surface area contributed by atoms with E-state index in [4.69, 9.17) is 0 Å². The van der Waals surface area contributed by atoms with Gasteiger partial charge in [0.15, 0.2) is 0 Å². The number of rotatable bonds is 7. The van der Waals surface area contributed by atoms with Crippen LogP contribution < -0.4 is 10.6 Å². The van der Waals surface area contributed by atoms with Crippen LogP contribution in [0.25, 0.3) is 0 Å². The Morgan fingerprint density at radius 2 is 1.81 bits per heavy atom. The molecule has 0 radical (unpaired) electrons. The third kappa shape index (κ3) is 7.70. The van der Waals surface area contributed by atoms with Crippen LogP contribution in [0, 0.1) is 5.92 Å². The summed E-state index contributed by atoms with van der Waals surface area (Å²) >= 11 is 0. The zero-order chi connectivity index (χ0) is 15.9. The third-order valence-corrected chi connectivity index (χ3v) is 3.92. The van der Waals surface area contributed by atoms with E-state index >= 15 is 0 Å². The Labute approximate surface area is 127 Å². The van der Waals surface area contributed by atoms with Gasteiger partial charge in [-0.15, -0.1) is 0 Å². The van der Waals surface area contributed by atoms with Crippen LogP contribution in [0.3, 0.4) is 0 Å². The number of nitrogens with one attached hydrogen (secondary N) is 2. The van der Waals surface area contributed by atoms with Gasteiger partial charge in [-0.25, -0.2) is 13.2 Å². The molecule has 0 aliphatic carbocycles. The number of hydrogen-bond acceptors (Lipinski definition) is 3. The maximum Gasteiger partial charge on any atom is 0.315 e. The smallest absolute Gasteiger partial charge is 0.315 e. The van der Waals surface area contributed by atoms with Crippen molar-refractivity contribution in [2.75, 3.05) is 18.6 Å². The van der Waals surface area contributed by atoms with Gasteiger partial charge in [-0.2, -0.15) is 0 Å². The van der Waals surface area contributed by atoms with Crippen molar-refractivity contribution in [2.45, 2.75) is 26.3 Å². The number of hydrogen-bond donors (Lipinski definition) is 2. The minimum absolute atomic E-state index is 0.0550. The molecular formula is C15H24N2O3S. The second kappa shape index (κ2) is 8.02. The first-order chi connectivity index (χ1) is 9.78. The summed E-state index contributed by atoms with van der Waals surface area (Å²) in [6.45, 7) is 4.31. The van der Waals surface area contributed by atoms with Gasteiger partial charge in [0.25, 0.3) is 0 Å². The average molecular weight is 312 g/mol.